The monoisotopic (exact) mass is 371 g/mol. The summed E-state index contributed by atoms with van der Waals surface area (Å²) in [4.78, 5) is 27.0. The van der Waals surface area contributed by atoms with E-state index in [4.69, 9.17) is 0 Å². The largest absolute Gasteiger partial charge is 0.378 e. The molecule has 26 heavy (non-hydrogen) atoms. The lowest BCUT2D eigenvalue weighted by Crippen LogP contribution is -2.41. The summed E-state index contributed by atoms with van der Waals surface area (Å²) in [6.07, 6.45) is 0. The first-order valence-corrected chi connectivity index (χ1v) is 8.75. The Morgan fingerprint density at radius 2 is 1.77 bits per heavy atom. The second kappa shape index (κ2) is 7.13. The molecule has 0 atom stereocenters. The number of thiophene rings is 1. The number of anilines is 1. The predicted molar refractivity (Wildman–Crippen MR) is 102 cm³/mol. The fourth-order valence-electron chi connectivity index (χ4n) is 2.58. The van der Waals surface area contributed by atoms with Gasteiger partial charge in [-0.1, -0.05) is 6.07 Å². The van der Waals surface area contributed by atoms with Gasteiger partial charge in [0.05, 0.1) is 4.88 Å². The van der Waals surface area contributed by atoms with Crippen LogP contribution in [0.15, 0.2) is 42.5 Å². The molecule has 5 nitrogen and oxygen atoms in total. The van der Waals surface area contributed by atoms with Crippen LogP contribution in [0.1, 0.15) is 25.6 Å². The number of rotatable bonds is 3. The molecule has 2 N–H and O–H groups in total. The minimum atomic E-state index is -0.429. The van der Waals surface area contributed by atoms with Crippen LogP contribution in [0.3, 0.4) is 0 Å². The summed E-state index contributed by atoms with van der Waals surface area (Å²) in [7, 11) is 3.76. The van der Waals surface area contributed by atoms with Crippen LogP contribution in [0.25, 0.3) is 10.1 Å². The number of carbonyl (C=O) groups is 2. The van der Waals surface area contributed by atoms with Crippen molar-refractivity contribution in [2.45, 2.75) is 6.92 Å². The molecule has 0 fully saturated rings. The van der Waals surface area contributed by atoms with E-state index in [9.17, 15) is 14.0 Å². The zero-order chi connectivity index (χ0) is 18.8. The van der Waals surface area contributed by atoms with Gasteiger partial charge in [-0.2, -0.15) is 0 Å². The summed E-state index contributed by atoms with van der Waals surface area (Å²) in [5.74, 6) is -1.19. The van der Waals surface area contributed by atoms with Crippen molar-refractivity contribution in [3.8, 4) is 0 Å². The SMILES string of the molecule is Cc1c(C(=O)NNC(=O)c2cccc(N(C)C)c2)sc2ccc(F)cc12. The summed E-state index contributed by atoms with van der Waals surface area (Å²) < 4.78 is 14.2. The minimum Gasteiger partial charge on any atom is -0.378 e. The number of nitrogens with zero attached hydrogens (tertiary/aromatic N) is 1. The second-order valence-electron chi connectivity index (χ2n) is 6.05. The van der Waals surface area contributed by atoms with Crippen molar-refractivity contribution in [1.29, 1.82) is 0 Å². The Morgan fingerprint density at radius 1 is 1.04 bits per heavy atom. The molecule has 3 rings (SSSR count). The molecule has 0 spiro atoms. The van der Waals surface area contributed by atoms with E-state index in [0.717, 1.165) is 10.4 Å². The molecule has 0 bridgehead atoms. The first-order valence-electron chi connectivity index (χ1n) is 7.93. The van der Waals surface area contributed by atoms with E-state index in [0.29, 0.717) is 21.4 Å². The lowest BCUT2D eigenvalue weighted by molar-refractivity contribution is 0.0848. The molecular formula is C19H18FN3O2S. The third kappa shape index (κ3) is 3.52. The smallest absolute Gasteiger partial charge is 0.280 e. The Kier molecular flexibility index (Phi) is 4.90. The summed E-state index contributed by atoms with van der Waals surface area (Å²) in [5.41, 5.74) is 6.85. The fraction of sp³-hybridized carbons (Fsp3) is 0.158. The average molecular weight is 371 g/mol. The van der Waals surface area contributed by atoms with Gasteiger partial charge in [-0.25, -0.2) is 4.39 Å². The van der Waals surface area contributed by atoms with Crippen LogP contribution in [0.2, 0.25) is 0 Å². The fourth-order valence-corrected chi connectivity index (χ4v) is 3.66. The van der Waals surface area contributed by atoms with Crippen LogP contribution in [0.4, 0.5) is 10.1 Å². The normalized spacial score (nSPS) is 10.6. The highest BCUT2D eigenvalue weighted by molar-refractivity contribution is 7.21. The Morgan fingerprint density at radius 3 is 2.50 bits per heavy atom. The third-order valence-corrected chi connectivity index (χ3v) is 5.29. The van der Waals surface area contributed by atoms with Gasteiger partial charge in [0.1, 0.15) is 5.82 Å². The maximum atomic E-state index is 13.4. The molecule has 134 valence electrons. The van der Waals surface area contributed by atoms with Gasteiger partial charge in [0.25, 0.3) is 11.8 Å². The highest BCUT2D eigenvalue weighted by atomic mass is 32.1. The van der Waals surface area contributed by atoms with Gasteiger partial charge in [-0.3, -0.25) is 20.4 Å². The molecular weight excluding hydrogens is 353 g/mol. The Hall–Kier alpha value is -2.93. The molecule has 0 unspecified atom stereocenters. The highest BCUT2D eigenvalue weighted by Crippen LogP contribution is 2.31. The highest BCUT2D eigenvalue weighted by Gasteiger charge is 2.17. The van der Waals surface area contributed by atoms with E-state index < -0.39 is 11.8 Å². The molecule has 0 aliphatic heterocycles. The molecule has 0 saturated carbocycles. The first-order chi connectivity index (χ1) is 12.4. The molecule has 3 aromatic rings. The molecule has 0 saturated heterocycles. The molecule has 1 heterocycles. The van der Waals surface area contributed by atoms with Crippen LogP contribution < -0.4 is 15.8 Å². The second-order valence-corrected chi connectivity index (χ2v) is 7.10. The number of carbonyl (C=O) groups excluding carboxylic acids is 2. The van der Waals surface area contributed by atoms with Crippen LogP contribution in [-0.4, -0.2) is 25.9 Å². The standard InChI is InChI=1S/C19H18FN3O2S/c1-11-15-10-13(20)7-8-16(15)26-17(11)19(25)22-21-18(24)12-5-4-6-14(9-12)23(2)3/h4-10H,1-3H3,(H,21,24)(H,22,25). The number of fused-ring (bicyclic) bond motifs is 1. The van der Waals surface area contributed by atoms with E-state index in [2.05, 4.69) is 10.9 Å². The topological polar surface area (TPSA) is 61.4 Å². The lowest BCUT2D eigenvalue weighted by atomic mass is 10.1. The van der Waals surface area contributed by atoms with E-state index in [1.165, 1.54) is 23.5 Å². The van der Waals surface area contributed by atoms with E-state index in [-0.39, 0.29) is 5.82 Å². The molecule has 1 aromatic heterocycles. The van der Waals surface area contributed by atoms with Crippen LogP contribution in [0.5, 0.6) is 0 Å². The van der Waals surface area contributed by atoms with Crippen LogP contribution >= 0.6 is 11.3 Å². The minimum absolute atomic E-state index is 0.348. The molecule has 0 aliphatic rings. The predicted octanol–water partition coefficient (Wildman–Crippen LogP) is 3.49. The van der Waals surface area contributed by atoms with Gasteiger partial charge >= 0.3 is 0 Å². The number of amides is 2. The van der Waals surface area contributed by atoms with Crippen molar-refractivity contribution < 1.29 is 14.0 Å². The lowest BCUT2D eigenvalue weighted by Gasteiger charge is -2.13. The van der Waals surface area contributed by atoms with Gasteiger partial charge < -0.3 is 4.90 Å². The number of hydrazine groups is 1. The molecule has 0 radical (unpaired) electrons. The van der Waals surface area contributed by atoms with Crippen molar-refractivity contribution in [3.63, 3.8) is 0 Å². The van der Waals surface area contributed by atoms with Crippen molar-refractivity contribution >= 4 is 38.9 Å². The summed E-state index contributed by atoms with van der Waals surface area (Å²) >= 11 is 1.26. The number of aryl methyl sites for hydroxylation is 1. The molecule has 2 aromatic carbocycles. The summed E-state index contributed by atoms with van der Waals surface area (Å²) in [5, 5.41) is 0.699. The number of hydrogen-bond acceptors (Lipinski definition) is 4. The zero-order valence-corrected chi connectivity index (χ0v) is 15.4. The van der Waals surface area contributed by atoms with Gasteiger partial charge in [0, 0.05) is 30.0 Å². The number of halogens is 1. The van der Waals surface area contributed by atoms with Crippen molar-refractivity contribution in [3.05, 3.63) is 64.3 Å². The van der Waals surface area contributed by atoms with Crippen LogP contribution in [0, 0.1) is 12.7 Å². The van der Waals surface area contributed by atoms with Gasteiger partial charge in [0.15, 0.2) is 0 Å². The van der Waals surface area contributed by atoms with E-state index in [1.54, 1.807) is 31.2 Å². The van der Waals surface area contributed by atoms with E-state index >= 15 is 0 Å². The first kappa shape index (κ1) is 17.9. The number of nitrogens with one attached hydrogen (secondary N) is 2. The Labute approximate surface area is 154 Å². The number of benzene rings is 2. The van der Waals surface area contributed by atoms with Gasteiger partial charge in [-0.05, 0) is 54.3 Å². The van der Waals surface area contributed by atoms with Crippen LogP contribution in [-0.2, 0) is 0 Å². The molecule has 2 amide bonds. The van der Waals surface area contributed by atoms with Gasteiger partial charge in [0.2, 0.25) is 0 Å². The Bertz CT molecular complexity index is 998. The Balaban J connectivity index is 1.74. The average Bonchev–Trinajstić information content (AvgIpc) is 2.96. The van der Waals surface area contributed by atoms with Gasteiger partial charge in [-0.15, -0.1) is 11.3 Å². The number of hydrogen-bond donors (Lipinski definition) is 2. The molecule has 0 aliphatic carbocycles. The maximum absolute atomic E-state index is 13.4. The molecule has 7 heteroatoms. The van der Waals surface area contributed by atoms with Crippen molar-refractivity contribution in [2.24, 2.45) is 0 Å². The van der Waals surface area contributed by atoms with E-state index in [1.807, 2.05) is 25.1 Å². The summed E-state index contributed by atoms with van der Waals surface area (Å²) in [6, 6.07) is 11.5. The zero-order valence-electron chi connectivity index (χ0n) is 14.6. The van der Waals surface area contributed by atoms with Crippen molar-refractivity contribution in [1.82, 2.24) is 10.9 Å². The quantitative estimate of drug-likeness (QED) is 0.693. The van der Waals surface area contributed by atoms with Crippen molar-refractivity contribution in [2.75, 3.05) is 19.0 Å². The maximum Gasteiger partial charge on any atom is 0.280 e. The third-order valence-electron chi connectivity index (χ3n) is 4.02. The summed E-state index contributed by atoms with van der Waals surface area (Å²) in [6.45, 7) is 1.76.